The Bertz CT molecular complexity index is 323. The van der Waals surface area contributed by atoms with Crippen molar-refractivity contribution in [2.45, 2.75) is 46.0 Å². The molecular formula is C12H18O3. The van der Waals surface area contributed by atoms with Crippen molar-refractivity contribution in [1.82, 2.24) is 0 Å². The second kappa shape index (κ2) is 3.06. The molecular weight excluding hydrogens is 192 g/mol. The van der Waals surface area contributed by atoms with Gasteiger partial charge in [-0.25, -0.2) is 0 Å². The van der Waals surface area contributed by atoms with Crippen LogP contribution in [0, 0.1) is 16.7 Å². The van der Waals surface area contributed by atoms with Gasteiger partial charge in [0.05, 0.1) is 0 Å². The summed E-state index contributed by atoms with van der Waals surface area (Å²) in [6, 6.07) is 0. The van der Waals surface area contributed by atoms with Crippen LogP contribution in [-0.4, -0.2) is 16.9 Å². The van der Waals surface area contributed by atoms with Gasteiger partial charge in [-0.05, 0) is 30.6 Å². The van der Waals surface area contributed by atoms with E-state index < -0.39 is 5.97 Å². The number of carbonyl (C=O) groups is 2. The summed E-state index contributed by atoms with van der Waals surface area (Å²) in [5.41, 5.74) is -0.310. The molecule has 3 atom stereocenters. The lowest BCUT2D eigenvalue weighted by atomic mass is 9.66. The maximum atomic E-state index is 11.9. The Morgan fingerprint density at radius 3 is 2.60 bits per heavy atom. The Labute approximate surface area is 89.9 Å². The van der Waals surface area contributed by atoms with Crippen molar-refractivity contribution in [3.63, 3.8) is 0 Å². The van der Waals surface area contributed by atoms with Gasteiger partial charge in [0.25, 0.3) is 0 Å². The fourth-order valence-corrected chi connectivity index (χ4v) is 3.60. The van der Waals surface area contributed by atoms with Crippen LogP contribution in [0.15, 0.2) is 0 Å². The molecule has 3 nitrogen and oxygen atoms in total. The van der Waals surface area contributed by atoms with Gasteiger partial charge >= 0.3 is 5.97 Å². The number of carboxylic acid groups (broad SMARTS) is 1. The van der Waals surface area contributed by atoms with Gasteiger partial charge in [-0.1, -0.05) is 13.8 Å². The smallest absolute Gasteiger partial charge is 0.303 e. The van der Waals surface area contributed by atoms with E-state index in [1.165, 1.54) is 0 Å². The molecule has 0 amide bonds. The average molecular weight is 210 g/mol. The molecule has 0 aliphatic heterocycles. The minimum atomic E-state index is -0.751. The van der Waals surface area contributed by atoms with Crippen LogP contribution in [-0.2, 0) is 9.59 Å². The predicted octanol–water partition coefficient (Wildman–Crippen LogP) is 2.25. The number of carboxylic acids is 1. The Morgan fingerprint density at radius 2 is 2.20 bits per heavy atom. The Kier molecular flexibility index (Phi) is 2.18. The van der Waals surface area contributed by atoms with Crippen LogP contribution in [0.25, 0.3) is 0 Å². The lowest BCUT2D eigenvalue weighted by molar-refractivity contribution is -0.139. The highest BCUT2D eigenvalue weighted by molar-refractivity contribution is 5.89. The van der Waals surface area contributed by atoms with E-state index in [-0.39, 0.29) is 17.3 Å². The molecule has 3 heteroatoms. The third-order valence-electron chi connectivity index (χ3n) is 5.06. The predicted molar refractivity (Wildman–Crippen MR) is 55.4 cm³/mol. The van der Waals surface area contributed by atoms with E-state index in [0.717, 1.165) is 12.8 Å². The average Bonchev–Trinajstić information content (AvgIpc) is 2.50. The highest BCUT2D eigenvalue weighted by Gasteiger charge is 2.63. The summed E-state index contributed by atoms with van der Waals surface area (Å²) in [6.07, 6.45) is 3.56. The van der Waals surface area contributed by atoms with Crippen LogP contribution in [0.2, 0.25) is 0 Å². The van der Waals surface area contributed by atoms with E-state index in [9.17, 15) is 9.59 Å². The number of ketones is 1. The zero-order valence-electron chi connectivity index (χ0n) is 9.38. The third-order valence-corrected chi connectivity index (χ3v) is 5.06. The van der Waals surface area contributed by atoms with Gasteiger partial charge in [0, 0.05) is 18.3 Å². The van der Waals surface area contributed by atoms with Crippen LogP contribution >= 0.6 is 0 Å². The second-order valence-electron chi connectivity index (χ2n) is 5.51. The zero-order chi connectivity index (χ0) is 11.3. The molecule has 2 aliphatic rings. The van der Waals surface area contributed by atoms with Gasteiger partial charge in [-0.3, -0.25) is 9.59 Å². The van der Waals surface area contributed by atoms with Gasteiger partial charge in [-0.15, -0.1) is 0 Å². The molecule has 0 radical (unpaired) electrons. The van der Waals surface area contributed by atoms with E-state index in [1.807, 2.05) is 6.92 Å². The fraction of sp³-hybridized carbons (Fsp3) is 0.833. The minimum Gasteiger partial charge on any atom is -0.481 e. The molecule has 0 saturated heterocycles. The molecule has 2 bridgehead atoms. The maximum absolute atomic E-state index is 11.9. The lowest BCUT2D eigenvalue weighted by Crippen LogP contribution is -2.35. The Balaban J connectivity index is 2.21. The minimum absolute atomic E-state index is 0.0670. The van der Waals surface area contributed by atoms with Gasteiger partial charge in [0.2, 0.25) is 0 Å². The zero-order valence-corrected chi connectivity index (χ0v) is 9.38. The van der Waals surface area contributed by atoms with Gasteiger partial charge < -0.3 is 5.11 Å². The van der Waals surface area contributed by atoms with Crippen LogP contribution in [0.4, 0.5) is 0 Å². The van der Waals surface area contributed by atoms with E-state index in [1.54, 1.807) is 0 Å². The molecule has 0 aromatic rings. The van der Waals surface area contributed by atoms with E-state index in [0.29, 0.717) is 24.5 Å². The molecule has 0 heterocycles. The number of fused-ring (bicyclic) bond motifs is 2. The molecule has 15 heavy (non-hydrogen) atoms. The highest BCUT2D eigenvalue weighted by Crippen LogP contribution is 2.65. The van der Waals surface area contributed by atoms with E-state index >= 15 is 0 Å². The van der Waals surface area contributed by atoms with Crippen molar-refractivity contribution in [1.29, 1.82) is 0 Å². The highest BCUT2D eigenvalue weighted by atomic mass is 16.4. The van der Waals surface area contributed by atoms with Crippen LogP contribution in [0.1, 0.15) is 46.0 Å². The summed E-state index contributed by atoms with van der Waals surface area (Å²) in [6.45, 7) is 4.14. The summed E-state index contributed by atoms with van der Waals surface area (Å²) in [5.74, 6) is 0.0274. The Morgan fingerprint density at radius 1 is 1.53 bits per heavy atom. The van der Waals surface area contributed by atoms with Crippen LogP contribution < -0.4 is 0 Å². The van der Waals surface area contributed by atoms with Gasteiger partial charge in [0.15, 0.2) is 0 Å². The molecule has 2 fully saturated rings. The first-order chi connectivity index (χ1) is 6.90. The maximum Gasteiger partial charge on any atom is 0.303 e. The molecule has 0 unspecified atom stereocenters. The van der Waals surface area contributed by atoms with Crippen molar-refractivity contribution < 1.29 is 14.7 Å². The molecule has 2 saturated carbocycles. The number of carbonyl (C=O) groups excluding carboxylic acids is 1. The van der Waals surface area contributed by atoms with E-state index in [4.69, 9.17) is 5.11 Å². The third kappa shape index (κ3) is 1.25. The Hall–Kier alpha value is -0.860. The largest absolute Gasteiger partial charge is 0.481 e. The van der Waals surface area contributed by atoms with Crippen LogP contribution in [0.5, 0.6) is 0 Å². The van der Waals surface area contributed by atoms with Crippen LogP contribution in [0.3, 0.4) is 0 Å². The monoisotopic (exact) mass is 210 g/mol. The molecule has 1 N–H and O–H groups in total. The SMILES string of the molecule is C[C@]12CC[C@@H](CC1=O)[C@@]2(C)CCC(=O)O. The molecule has 2 aliphatic carbocycles. The van der Waals surface area contributed by atoms with Crippen molar-refractivity contribution in [2.24, 2.45) is 16.7 Å². The number of Topliss-reactive ketones (excluding diaryl/α,β-unsaturated/α-hetero) is 1. The number of hydrogen-bond donors (Lipinski definition) is 1. The number of aliphatic carboxylic acids is 1. The van der Waals surface area contributed by atoms with E-state index in [2.05, 4.69) is 6.92 Å². The topological polar surface area (TPSA) is 54.4 Å². The summed E-state index contributed by atoms with van der Waals surface area (Å²) in [5, 5.41) is 8.75. The second-order valence-corrected chi connectivity index (χ2v) is 5.51. The normalized spacial score (nSPS) is 43.6. The first kappa shape index (κ1) is 10.7. The van der Waals surface area contributed by atoms with Crippen molar-refractivity contribution in [2.75, 3.05) is 0 Å². The standard InChI is InChI=1S/C12H18O3/c1-11(6-4-10(14)15)8-3-5-12(11,2)9(13)7-8/h8H,3-7H2,1-2H3,(H,14,15)/t8-,11+,12-/m0/s1. The van der Waals surface area contributed by atoms with Crippen molar-refractivity contribution in [3.05, 3.63) is 0 Å². The van der Waals surface area contributed by atoms with Crippen molar-refractivity contribution >= 4 is 11.8 Å². The number of rotatable bonds is 3. The summed E-state index contributed by atoms with van der Waals surface area (Å²) >= 11 is 0. The summed E-state index contributed by atoms with van der Waals surface area (Å²) < 4.78 is 0. The summed E-state index contributed by atoms with van der Waals surface area (Å²) in [4.78, 5) is 22.5. The molecule has 0 spiro atoms. The molecule has 0 aromatic carbocycles. The summed E-state index contributed by atoms with van der Waals surface area (Å²) in [7, 11) is 0. The van der Waals surface area contributed by atoms with Gasteiger partial charge in [0.1, 0.15) is 5.78 Å². The first-order valence-corrected chi connectivity index (χ1v) is 5.65. The fourth-order valence-electron chi connectivity index (χ4n) is 3.60. The van der Waals surface area contributed by atoms with Gasteiger partial charge in [-0.2, -0.15) is 0 Å². The first-order valence-electron chi connectivity index (χ1n) is 5.65. The number of hydrogen-bond acceptors (Lipinski definition) is 2. The quantitative estimate of drug-likeness (QED) is 0.777. The van der Waals surface area contributed by atoms with Crippen molar-refractivity contribution in [3.8, 4) is 0 Å². The molecule has 2 rings (SSSR count). The molecule has 84 valence electrons. The lowest BCUT2D eigenvalue weighted by Gasteiger charge is -2.36. The molecule has 0 aromatic heterocycles.